The summed E-state index contributed by atoms with van der Waals surface area (Å²) in [5.74, 6) is 0.397. The van der Waals surface area contributed by atoms with Crippen LogP contribution >= 0.6 is 11.8 Å². The molecule has 2 aromatic rings. The van der Waals surface area contributed by atoms with Crippen LogP contribution in [0.25, 0.3) is 0 Å². The summed E-state index contributed by atoms with van der Waals surface area (Å²) >= 11 is 1.55. The molecule has 186 valence electrons. The molecule has 0 saturated carbocycles. The summed E-state index contributed by atoms with van der Waals surface area (Å²) < 4.78 is 5.32. The lowest BCUT2D eigenvalue weighted by Gasteiger charge is -2.32. The molecule has 3 atom stereocenters. The molecule has 2 aliphatic rings. The summed E-state index contributed by atoms with van der Waals surface area (Å²) in [4.78, 5) is 40.8. The number of ether oxygens (including phenoxy) is 1. The number of benzene rings is 2. The standard InChI is InChI=1S/C27H33N3O4S/c1-18(2)24(29-27(33)34-15-19-9-4-3-5-10-19)26(32)30-17-35-16-23(30)25(31)28-22-14-8-12-20-11-6-7-13-21(20)22/h3-7,9-11,13,18,22-24H,8,12,14-17H2,1-2H3,(H,28,31)(H,29,33)/t22-,23+,24+/m1/s1. The third kappa shape index (κ3) is 6.17. The zero-order chi connectivity index (χ0) is 24.8. The van der Waals surface area contributed by atoms with E-state index in [-0.39, 0.29) is 30.4 Å². The van der Waals surface area contributed by atoms with E-state index in [0.717, 1.165) is 24.8 Å². The Kier molecular flexibility index (Phi) is 8.33. The monoisotopic (exact) mass is 495 g/mol. The van der Waals surface area contributed by atoms with Crippen LogP contribution in [0.3, 0.4) is 0 Å². The molecule has 1 aliphatic carbocycles. The van der Waals surface area contributed by atoms with Gasteiger partial charge in [-0.1, -0.05) is 68.4 Å². The number of amides is 3. The van der Waals surface area contributed by atoms with Crippen molar-refractivity contribution >= 4 is 29.7 Å². The van der Waals surface area contributed by atoms with E-state index in [1.165, 1.54) is 11.1 Å². The van der Waals surface area contributed by atoms with E-state index < -0.39 is 18.2 Å². The fourth-order valence-corrected chi connectivity index (χ4v) is 5.80. The Balaban J connectivity index is 1.38. The number of fused-ring (bicyclic) bond motifs is 1. The van der Waals surface area contributed by atoms with Gasteiger partial charge in [-0.25, -0.2) is 4.79 Å². The Morgan fingerprint density at radius 2 is 1.83 bits per heavy atom. The average molecular weight is 496 g/mol. The van der Waals surface area contributed by atoms with Gasteiger partial charge < -0.3 is 20.3 Å². The highest BCUT2D eigenvalue weighted by Gasteiger charge is 2.40. The summed E-state index contributed by atoms with van der Waals surface area (Å²) in [6.45, 7) is 3.87. The third-order valence-corrected chi connectivity index (χ3v) is 7.58. The number of rotatable bonds is 7. The number of alkyl carbamates (subject to hydrolysis) is 1. The number of hydrogen-bond donors (Lipinski definition) is 2. The third-order valence-electron chi connectivity index (χ3n) is 6.57. The Morgan fingerprint density at radius 1 is 1.09 bits per heavy atom. The van der Waals surface area contributed by atoms with Crippen molar-refractivity contribution in [2.24, 2.45) is 5.92 Å². The topological polar surface area (TPSA) is 87.7 Å². The van der Waals surface area contributed by atoms with Crippen molar-refractivity contribution in [3.63, 3.8) is 0 Å². The highest BCUT2D eigenvalue weighted by molar-refractivity contribution is 7.99. The average Bonchev–Trinajstić information content (AvgIpc) is 3.37. The van der Waals surface area contributed by atoms with Gasteiger partial charge in [0.25, 0.3) is 0 Å². The van der Waals surface area contributed by atoms with Crippen LogP contribution in [-0.4, -0.2) is 46.5 Å². The van der Waals surface area contributed by atoms with E-state index >= 15 is 0 Å². The second-order valence-electron chi connectivity index (χ2n) is 9.40. The Morgan fingerprint density at radius 3 is 2.60 bits per heavy atom. The quantitative estimate of drug-likeness (QED) is 0.606. The summed E-state index contributed by atoms with van der Waals surface area (Å²) in [6, 6.07) is 16.2. The van der Waals surface area contributed by atoms with Gasteiger partial charge in [0, 0.05) is 5.75 Å². The molecule has 0 unspecified atom stereocenters. The lowest BCUT2D eigenvalue weighted by atomic mass is 9.87. The highest BCUT2D eigenvalue weighted by Crippen LogP contribution is 2.30. The Bertz CT molecular complexity index is 1050. The van der Waals surface area contributed by atoms with Crippen LogP contribution in [0.5, 0.6) is 0 Å². The number of aryl methyl sites for hydroxylation is 1. The molecule has 0 spiro atoms. The van der Waals surface area contributed by atoms with Crippen LogP contribution in [0.4, 0.5) is 4.79 Å². The zero-order valence-corrected chi connectivity index (χ0v) is 21.1. The number of carbonyl (C=O) groups excluding carboxylic acids is 3. The number of hydrogen-bond acceptors (Lipinski definition) is 5. The smallest absolute Gasteiger partial charge is 0.408 e. The van der Waals surface area contributed by atoms with Gasteiger partial charge in [0.2, 0.25) is 11.8 Å². The van der Waals surface area contributed by atoms with Gasteiger partial charge >= 0.3 is 6.09 Å². The van der Waals surface area contributed by atoms with E-state index in [4.69, 9.17) is 4.74 Å². The normalized spacial score (nSPS) is 20.1. The molecule has 1 aliphatic heterocycles. The molecule has 35 heavy (non-hydrogen) atoms. The van der Waals surface area contributed by atoms with Crippen molar-refractivity contribution in [1.82, 2.24) is 15.5 Å². The van der Waals surface area contributed by atoms with E-state index in [2.05, 4.69) is 22.8 Å². The molecule has 1 fully saturated rings. The molecule has 4 rings (SSSR count). The van der Waals surface area contributed by atoms with E-state index in [0.29, 0.717) is 11.6 Å². The minimum atomic E-state index is -0.775. The van der Waals surface area contributed by atoms with E-state index in [1.807, 2.05) is 56.3 Å². The number of nitrogens with one attached hydrogen (secondary N) is 2. The summed E-state index contributed by atoms with van der Waals surface area (Å²) in [5, 5.41) is 5.91. The van der Waals surface area contributed by atoms with Crippen molar-refractivity contribution < 1.29 is 19.1 Å². The molecule has 0 radical (unpaired) electrons. The van der Waals surface area contributed by atoms with Crippen molar-refractivity contribution in [2.45, 2.75) is 57.8 Å². The van der Waals surface area contributed by atoms with Gasteiger partial charge in [-0.15, -0.1) is 11.8 Å². The second-order valence-corrected chi connectivity index (χ2v) is 10.4. The first kappa shape index (κ1) is 25.1. The van der Waals surface area contributed by atoms with Crippen molar-refractivity contribution in [3.05, 3.63) is 71.3 Å². The summed E-state index contributed by atoms with van der Waals surface area (Å²) in [6.07, 6.45) is 2.29. The van der Waals surface area contributed by atoms with Crippen molar-refractivity contribution in [3.8, 4) is 0 Å². The molecule has 0 aromatic heterocycles. The van der Waals surface area contributed by atoms with Gasteiger partial charge in [0.15, 0.2) is 0 Å². The van der Waals surface area contributed by atoms with Crippen LogP contribution in [0, 0.1) is 5.92 Å². The number of nitrogens with zero attached hydrogens (tertiary/aromatic N) is 1. The molecular weight excluding hydrogens is 462 g/mol. The molecule has 2 N–H and O–H groups in total. The summed E-state index contributed by atoms with van der Waals surface area (Å²) in [7, 11) is 0. The molecule has 1 heterocycles. The van der Waals surface area contributed by atoms with Crippen molar-refractivity contribution in [1.29, 1.82) is 0 Å². The van der Waals surface area contributed by atoms with Gasteiger partial charge in [-0.05, 0) is 41.9 Å². The van der Waals surface area contributed by atoms with Gasteiger partial charge in [0.1, 0.15) is 18.7 Å². The van der Waals surface area contributed by atoms with Gasteiger partial charge in [0.05, 0.1) is 11.9 Å². The SMILES string of the molecule is CC(C)[C@H](NC(=O)OCc1ccccc1)C(=O)N1CSC[C@H]1C(=O)N[C@@H]1CCCc2ccccc21. The van der Waals surface area contributed by atoms with Crippen LogP contribution < -0.4 is 10.6 Å². The Labute approximate surface area is 211 Å². The van der Waals surface area contributed by atoms with E-state index in [1.54, 1.807) is 16.7 Å². The summed E-state index contributed by atoms with van der Waals surface area (Å²) in [5.41, 5.74) is 3.31. The van der Waals surface area contributed by atoms with Crippen molar-refractivity contribution in [2.75, 3.05) is 11.6 Å². The second kappa shape index (κ2) is 11.6. The molecule has 2 aromatic carbocycles. The van der Waals surface area contributed by atoms with Gasteiger partial charge in [-0.3, -0.25) is 9.59 Å². The van der Waals surface area contributed by atoms with Crippen LogP contribution in [0.1, 0.15) is 49.4 Å². The Hall–Kier alpha value is -3.00. The molecule has 0 bridgehead atoms. The number of thioether (sulfide) groups is 1. The predicted molar refractivity (Wildman–Crippen MR) is 137 cm³/mol. The lowest BCUT2D eigenvalue weighted by molar-refractivity contribution is -0.140. The van der Waals surface area contributed by atoms with Crippen LogP contribution in [-0.2, 0) is 27.4 Å². The fourth-order valence-electron chi connectivity index (χ4n) is 4.63. The molecule has 8 heteroatoms. The van der Waals surface area contributed by atoms with E-state index in [9.17, 15) is 14.4 Å². The molecular formula is C27H33N3O4S. The first-order valence-corrected chi connectivity index (χ1v) is 13.3. The minimum Gasteiger partial charge on any atom is -0.445 e. The predicted octanol–water partition coefficient (Wildman–Crippen LogP) is 4.03. The molecule has 3 amide bonds. The maximum Gasteiger partial charge on any atom is 0.408 e. The van der Waals surface area contributed by atoms with Crippen LogP contribution in [0.2, 0.25) is 0 Å². The number of carbonyl (C=O) groups is 3. The zero-order valence-electron chi connectivity index (χ0n) is 20.2. The first-order chi connectivity index (χ1) is 16.9. The lowest BCUT2D eigenvalue weighted by Crippen LogP contribution is -2.56. The maximum atomic E-state index is 13.5. The minimum absolute atomic E-state index is 0.0398. The first-order valence-electron chi connectivity index (χ1n) is 12.2. The van der Waals surface area contributed by atoms with Gasteiger partial charge in [-0.2, -0.15) is 0 Å². The molecule has 1 saturated heterocycles. The van der Waals surface area contributed by atoms with Crippen LogP contribution in [0.15, 0.2) is 54.6 Å². The largest absolute Gasteiger partial charge is 0.445 e. The maximum absolute atomic E-state index is 13.5. The molecule has 7 nitrogen and oxygen atoms in total. The fraction of sp³-hybridized carbons (Fsp3) is 0.444. The highest BCUT2D eigenvalue weighted by atomic mass is 32.2.